The van der Waals surface area contributed by atoms with Crippen LogP contribution in [0, 0.1) is 11.8 Å². The lowest BCUT2D eigenvalue weighted by Gasteiger charge is -2.35. The molecule has 1 aliphatic rings. The number of aromatic amines is 1. The molecule has 3 atom stereocenters. The zero-order valence-corrected chi connectivity index (χ0v) is 18.5. The second-order valence-corrected chi connectivity index (χ2v) is 9.13. The molecule has 1 aliphatic carbocycles. The Bertz CT molecular complexity index is 1400. The molecule has 4 aromatic heterocycles. The molecule has 9 heteroatoms. The third-order valence-corrected chi connectivity index (χ3v) is 7.20. The Balaban J connectivity index is 1.68. The molecule has 4 heterocycles. The molecule has 0 bridgehead atoms. The third kappa shape index (κ3) is 3.27. The monoisotopic (exact) mass is 436 g/mol. The molecule has 8 nitrogen and oxygen atoms in total. The van der Waals surface area contributed by atoms with Gasteiger partial charge in [-0.1, -0.05) is 38.5 Å². The van der Waals surface area contributed by atoms with Gasteiger partial charge in [0.05, 0.1) is 21.8 Å². The van der Waals surface area contributed by atoms with Crippen molar-refractivity contribution >= 4 is 33.6 Å². The molecule has 5 rings (SSSR count). The summed E-state index contributed by atoms with van der Waals surface area (Å²) < 4.78 is 3.24. The van der Waals surface area contributed by atoms with Crippen molar-refractivity contribution < 1.29 is 0 Å². The second kappa shape index (κ2) is 7.64. The van der Waals surface area contributed by atoms with Crippen LogP contribution in [0.5, 0.6) is 0 Å². The Morgan fingerprint density at radius 3 is 2.52 bits per heavy atom. The summed E-state index contributed by atoms with van der Waals surface area (Å²) in [5.74, 6) is 1.34. The minimum absolute atomic E-state index is 0.0861. The van der Waals surface area contributed by atoms with E-state index in [4.69, 9.17) is 0 Å². The summed E-state index contributed by atoms with van der Waals surface area (Å²) in [6.07, 6.45) is 8.67. The number of hydrogen-bond acceptors (Lipinski definition) is 6. The predicted octanol–water partition coefficient (Wildman–Crippen LogP) is 3.54. The summed E-state index contributed by atoms with van der Waals surface area (Å²) in [4.78, 5) is 35.5. The molecule has 0 unspecified atom stereocenters. The van der Waals surface area contributed by atoms with Gasteiger partial charge in [0.2, 0.25) is 11.1 Å². The molecule has 1 fully saturated rings. The Morgan fingerprint density at radius 1 is 1.03 bits per heavy atom. The van der Waals surface area contributed by atoms with Crippen LogP contribution in [0.3, 0.4) is 0 Å². The fraction of sp³-hybridized carbons (Fsp3) is 0.409. The molecule has 0 radical (unpaired) electrons. The van der Waals surface area contributed by atoms with E-state index in [2.05, 4.69) is 34.0 Å². The van der Waals surface area contributed by atoms with E-state index < -0.39 is 0 Å². The molecule has 0 spiro atoms. The van der Waals surface area contributed by atoms with E-state index in [9.17, 15) is 9.59 Å². The normalized spacial score (nSPS) is 21.7. The summed E-state index contributed by atoms with van der Waals surface area (Å²) in [6, 6.07) is 5.49. The highest BCUT2D eigenvalue weighted by atomic mass is 32.2. The Kier molecular flexibility index (Phi) is 4.92. The standard InChI is InChI=1S/C22H24N6O2S/c1-12-5-4-6-18(13(12)2)27-9-7-16-14(19(27)29)11-15-17(23-16)8-10-28(20(15)30)21-24-22(31-3)26-25-21/h7-13,18H,4-6H2,1-3H3,(H,24,25,26)/t12-,13+,18+/m1/s1. The molecular formula is C22H24N6O2S. The minimum Gasteiger partial charge on any atom is -0.312 e. The number of pyridine rings is 3. The van der Waals surface area contributed by atoms with Gasteiger partial charge in [0, 0.05) is 18.4 Å². The van der Waals surface area contributed by atoms with Crippen molar-refractivity contribution in [3.05, 3.63) is 51.3 Å². The Morgan fingerprint density at radius 2 is 1.77 bits per heavy atom. The van der Waals surface area contributed by atoms with Crippen molar-refractivity contribution in [3.8, 4) is 5.95 Å². The third-order valence-electron chi connectivity index (χ3n) is 6.66. The first-order valence-corrected chi connectivity index (χ1v) is 11.7. The smallest absolute Gasteiger partial charge is 0.266 e. The number of nitrogens with one attached hydrogen (secondary N) is 1. The molecular weight excluding hydrogens is 412 g/mol. The van der Waals surface area contributed by atoms with Crippen LogP contribution in [0.25, 0.3) is 27.8 Å². The maximum absolute atomic E-state index is 13.4. The van der Waals surface area contributed by atoms with E-state index >= 15 is 0 Å². The van der Waals surface area contributed by atoms with E-state index in [-0.39, 0.29) is 17.2 Å². The summed E-state index contributed by atoms with van der Waals surface area (Å²) in [5.41, 5.74) is 0.782. The van der Waals surface area contributed by atoms with Crippen LogP contribution in [0.4, 0.5) is 0 Å². The van der Waals surface area contributed by atoms with E-state index in [1.54, 1.807) is 18.3 Å². The lowest BCUT2D eigenvalue weighted by molar-refractivity contribution is 0.183. The zero-order valence-electron chi connectivity index (χ0n) is 17.7. The van der Waals surface area contributed by atoms with Crippen molar-refractivity contribution in [2.75, 3.05) is 6.26 Å². The topological polar surface area (TPSA) is 98.5 Å². The largest absolute Gasteiger partial charge is 0.312 e. The van der Waals surface area contributed by atoms with Crippen LogP contribution >= 0.6 is 11.8 Å². The van der Waals surface area contributed by atoms with E-state index in [1.165, 1.54) is 22.7 Å². The Hall–Kier alpha value is -2.94. The van der Waals surface area contributed by atoms with E-state index in [0.29, 0.717) is 44.7 Å². The van der Waals surface area contributed by atoms with Gasteiger partial charge in [-0.15, -0.1) is 5.10 Å². The molecule has 0 amide bonds. The highest BCUT2D eigenvalue weighted by Gasteiger charge is 2.29. The van der Waals surface area contributed by atoms with Crippen molar-refractivity contribution in [1.82, 2.24) is 29.3 Å². The quantitative estimate of drug-likeness (QED) is 0.390. The maximum atomic E-state index is 13.4. The lowest BCUT2D eigenvalue weighted by Crippen LogP contribution is -2.33. The highest BCUT2D eigenvalue weighted by molar-refractivity contribution is 7.98. The Labute approximate surface area is 182 Å². The molecule has 1 N–H and O–H groups in total. The molecule has 0 aliphatic heterocycles. The highest BCUT2D eigenvalue weighted by Crippen LogP contribution is 2.37. The fourth-order valence-electron chi connectivity index (χ4n) is 4.65. The van der Waals surface area contributed by atoms with Crippen molar-refractivity contribution in [1.29, 1.82) is 0 Å². The van der Waals surface area contributed by atoms with Gasteiger partial charge in [0.1, 0.15) is 0 Å². The van der Waals surface area contributed by atoms with Gasteiger partial charge < -0.3 is 4.57 Å². The van der Waals surface area contributed by atoms with Crippen LogP contribution in [-0.2, 0) is 0 Å². The van der Waals surface area contributed by atoms with Gasteiger partial charge in [-0.25, -0.2) is 10.1 Å². The number of thioether (sulfide) groups is 1. The average molecular weight is 437 g/mol. The van der Waals surface area contributed by atoms with Crippen LogP contribution in [0.1, 0.15) is 39.2 Å². The number of hydrogen-bond donors (Lipinski definition) is 1. The van der Waals surface area contributed by atoms with Gasteiger partial charge in [-0.3, -0.25) is 14.2 Å². The molecule has 0 saturated heterocycles. The SMILES string of the molecule is CSc1n[nH]c(-n2ccc3nc4ccn([C@H]5CCC[C@@H](C)[C@@H]5C)c(=O)c4cc3c2=O)n1. The molecule has 160 valence electrons. The van der Waals surface area contributed by atoms with Crippen molar-refractivity contribution in [2.45, 2.75) is 44.3 Å². The first kappa shape index (κ1) is 20.0. The number of H-pyrrole nitrogens is 1. The molecule has 31 heavy (non-hydrogen) atoms. The zero-order chi connectivity index (χ0) is 21.7. The van der Waals surface area contributed by atoms with Gasteiger partial charge in [0.15, 0.2) is 0 Å². The summed E-state index contributed by atoms with van der Waals surface area (Å²) in [5, 5.41) is 8.26. The molecule has 1 saturated carbocycles. The van der Waals surface area contributed by atoms with Crippen molar-refractivity contribution in [3.63, 3.8) is 0 Å². The summed E-state index contributed by atoms with van der Waals surface area (Å²) in [7, 11) is 0. The number of nitrogens with zero attached hydrogens (tertiary/aromatic N) is 5. The minimum atomic E-state index is -0.287. The summed E-state index contributed by atoms with van der Waals surface area (Å²) in [6.45, 7) is 4.48. The molecule has 4 aromatic rings. The molecule has 0 aromatic carbocycles. The fourth-order valence-corrected chi connectivity index (χ4v) is 4.97. The van der Waals surface area contributed by atoms with E-state index in [1.807, 2.05) is 23.1 Å². The van der Waals surface area contributed by atoms with Crippen molar-refractivity contribution in [2.24, 2.45) is 11.8 Å². The first-order chi connectivity index (χ1) is 15.0. The van der Waals surface area contributed by atoms with Crippen LogP contribution in [-0.4, -0.2) is 35.6 Å². The lowest BCUT2D eigenvalue weighted by atomic mass is 9.78. The predicted molar refractivity (Wildman–Crippen MR) is 122 cm³/mol. The van der Waals surface area contributed by atoms with Gasteiger partial charge >= 0.3 is 0 Å². The van der Waals surface area contributed by atoms with Crippen LogP contribution in [0.15, 0.2) is 45.3 Å². The van der Waals surface area contributed by atoms with Gasteiger partial charge in [-0.2, -0.15) is 4.98 Å². The van der Waals surface area contributed by atoms with Gasteiger partial charge in [0.25, 0.3) is 11.1 Å². The van der Waals surface area contributed by atoms with E-state index in [0.717, 1.165) is 12.8 Å². The van der Waals surface area contributed by atoms with Crippen LogP contribution < -0.4 is 11.1 Å². The first-order valence-electron chi connectivity index (χ1n) is 10.5. The average Bonchev–Trinajstić information content (AvgIpc) is 3.25. The van der Waals surface area contributed by atoms with Crippen LogP contribution in [0.2, 0.25) is 0 Å². The number of rotatable bonds is 3. The maximum Gasteiger partial charge on any atom is 0.266 e. The number of aromatic nitrogens is 6. The summed E-state index contributed by atoms with van der Waals surface area (Å²) >= 11 is 1.39. The van der Waals surface area contributed by atoms with Gasteiger partial charge in [-0.05, 0) is 42.7 Å². The number of fused-ring (bicyclic) bond motifs is 2. The second-order valence-electron chi connectivity index (χ2n) is 8.35.